The second-order valence-corrected chi connectivity index (χ2v) is 15.6. The molecule has 2 aromatic carbocycles. The SMILES string of the molecule is O=C1[C@H]2[C@@H](c3ccc(Br)s3)N3[C@H]4C(=O)N(c5ccccc5)C(=O)[C@H]4[C@@H](c4ccc(Br)s4)N3[C@H]2C(=O)N1c1ccccc1. The van der Waals surface area contributed by atoms with E-state index in [4.69, 9.17) is 0 Å². The lowest BCUT2D eigenvalue weighted by Gasteiger charge is -2.35. The summed E-state index contributed by atoms with van der Waals surface area (Å²) in [5.41, 5.74) is 1.02. The van der Waals surface area contributed by atoms with E-state index in [1.807, 2.05) is 46.4 Å². The number of thiophene rings is 2. The van der Waals surface area contributed by atoms with Gasteiger partial charge in [0.15, 0.2) is 0 Å². The van der Waals surface area contributed by atoms with Gasteiger partial charge in [-0.05, 0) is 80.4 Å². The van der Waals surface area contributed by atoms with E-state index >= 15 is 0 Å². The number of carbonyl (C=O) groups excluding carboxylic acids is 4. The van der Waals surface area contributed by atoms with Gasteiger partial charge in [0.25, 0.3) is 11.8 Å². The minimum absolute atomic E-state index is 0.306. The normalized spacial score (nSPS) is 29.1. The summed E-state index contributed by atoms with van der Waals surface area (Å²) in [6.07, 6.45) is 0. The molecule has 0 N–H and O–H groups in total. The minimum atomic E-state index is -0.870. The lowest BCUT2D eigenvalue weighted by molar-refractivity contribution is -0.135. The van der Waals surface area contributed by atoms with Crippen molar-refractivity contribution in [3.8, 4) is 0 Å². The molecule has 0 saturated carbocycles. The Morgan fingerprint density at radius 2 is 0.857 bits per heavy atom. The predicted molar refractivity (Wildman–Crippen MR) is 166 cm³/mol. The quantitative estimate of drug-likeness (QED) is 0.249. The number of amides is 4. The summed E-state index contributed by atoms with van der Waals surface area (Å²) in [6, 6.07) is 22.6. The van der Waals surface area contributed by atoms with Crippen molar-refractivity contribution >= 4 is 89.5 Å². The van der Waals surface area contributed by atoms with Crippen LogP contribution in [0.25, 0.3) is 0 Å². The Morgan fingerprint density at radius 1 is 0.476 bits per heavy atom. The second-order valence-electron chi connectivity index (χ2n) is 10.6. The number of hydrogen-bond acceptors (Lipinski definition) is 8. The van der Waals surface area contributed by atoms with Crippen molar-refractivity contribution in [2.24, 2.45) is 11.8 Å². The average molecular weight is 724 g/mol. The fraction of sp³-hybridized carbons (Fsp3) is 0.200. The van der Waals surface area contributed by atoms with Crippen molar-refractivity contribution in [1.82, 2.24) is 10.0 Å². The summed E-state index contributed by atoms with van der Waals surface area (Å²) in [5.74, 6) is -2.83. The summed E-state index contributed by atoms with van der Waals surface area (Å²) in [7, 11) is 0. The topological polar surface area (TPSA) is 81.2 Å². The van der Waals surface area contributed by atoms with Crippen LogP contribution < -0.4 is 9.80 Å². The molecule has 12 heteroatoms. The standard InChI is InChI=1S/C30H20Br2N4O4S2/c31-19-13-11-17(41-19)23-21-25(29(39)33(27(21)37)15-7-3-1-4-8-15)35-24(18-12-14-20(32)42-18)22-26(36(23)35)30(40)34(28(22)38)16-9-5-2-6-10-16/h1-14,21-26H/t21-,22-,23+,24+,25+,26+/m0/s1. The van der Waals surface area contributed by atoms with Crippen molar-refractivity contribution in [3.63, 3.8) is 0 Å². The van der Waals surface area contributed by atoms with Gasteiger partial charge in [-0.2, -0.15) is 0 Å². The highest BCUT2D eigenvalue weighted by Crippen LogP contribution is 2.61. The molecule has 210 valence electrons. The van der Waals surface area contributed by atoms with Gasteiger partial charge < -0.3 is 0 Å². The largest absolute Gasteiger partial charge is 0.274 e. The Labute approximate surface area is 265 Å². The van der Waals surface area contributed by atoms with E-state index < -0.39 is 36.0 Å². The summed E-state index contributed by atoms with van der Waals surface area (Å²) in [4.78, 5) is 61.4. The summed E-state index contributed by atoms with van der Waals surface area (Å²) in [5, 5.41) is 3.80. The Bertz CT molecular complexity index is 1650. The number of halogens is 2. The van der Waals surface area contributed by atoms with Crippen LogP contribution in [0, 0.1) is 11.8 Å². The Balaban J connectivity index is 1.33. The number of imide groups is 2. The first-order valence-electron chi connectivity index (χ1n) is 13.3. The van der Waals surface area contributed by atoms with Crippen LogP contribution in [-0.2, 0) is 19.2 Å². The van der Waals surface area contributed by atoms with Gasteiger partial charge in [0.2, 0.25) is 11.8 Å². The van der Waals surface area contributed by atoms with E-state index in [0.717, 1.165) is 17.3 Å². The molecule has 4 aromatic rings. The van der Waals surface area contributed by atoms with Crippen LogP contribution in [0.15, 0.2) is 92.5 Å². The number of nitrogens with zero attached hydrogens (tertiary/aromatic N) is 4. The van der Waals surface area contributed by atoms with Gasteiger partial charge in [0, 0.05) is 9.75 Å². The molecule has 0 bridgehead atoms. The maximum absolute atomic E-state index is 14.3. The second kappa shape index (κ2) is 9.76. The van der Waals surface area contributed by atoms with Crippen molar-refractivity contribution < 1.29 is 19.2 Å². The Kier molecular flexibility index (Phi) is 6.19. The highest BCUT2D eigenvalue weighted by Gasteiger charge is 2.74. The van der Waals surface area contributed by atoms with E-state index in [1.165, 1.54) is 32.5 Å². The van der Waals surface area contributed by atoms with Crippen molar-refractivity contribution in [1.29, 1.82) is 0 Å². The van der Waals surface area contributed by atoms with Crippen molar-refractivity contribution in [2.45, 2.75) is 24.2 Å². The third kappa shape index (κ3) is 3.63. The first kappa shape index (κ1) is 26.6. The number of carbonyl (C=O) groups is 4. The molecule has 42 heavy (non-hydrogen) atoms. The number of benzene rings is 2. The molecular weight excluding hydrogens is 704 g/mol. The van der Waals surface area contributed by atoms with Crippen LogP contribution in [0.4, 0.5) is 11.4 Å². The van der Waals surface area contributed by atoms with Crippen LogP contribution in [0.1, 0.15) is 21.8 Å². The molecule has 4 saturated heterocycles. The molecule has 4 aliphatic rings. The third-order valence-electron chi connectivity index (χ3n) is 8.52. The number of hydrogen-bond donors (Lipinski definition) is 0. The summed E-state index contributed by atoms with van der Waals surface area (Å²) in [6.45, 7) is 0. The highest BCUT2D eigenvalue weighted by molar-refractivity contribution is 9.11. The zero-order valence-electron chi connectivity index (χ0n) is 21.5. The molecule has 4 fully saturated rings. The Morgan fingerprint density at radius 3 is 1.19 bits per heavy atom. The van der Waals surface area contributed by atoms with Gasteiger partial charge in [-0.3, -0.25) is 19.2 Å². The van der Waals surface area contributed by atoms with Crippen LogP contribution in [0.2, 0.25) is 0 Å². The van der Waals surface area contributed by atoms with Gasteiger partial charge in [0.05, 0.1) is 42.9 Å². The number of para-hydroxylation sites is 2. The van der Waals surface area contributed by atoms with Gasteiger partial charge >= 0.3 is 0 Å². The summed E-state index contributed by atoms with van der Waals surface area (Å²) < 4.78 is 1.75. The highest BCUT2D eigenvalue weighted by atomic mass is 79.9. The molecule has 0 aliphatic carbocycles. The monoisotopic (exact) mass is 722 g/mol. The van der Waals surface area contributed by atoms with Crippen LogP contribution in [0.5, 0.6) is 0 Å². The van der Waals surface area contributed by atoms with E-state index in [9.17, 15) is 19.2 Å². The Hall–Kier alpha value is -3.00. The molecule has 8 nitrogen and oxygen atoms in total. The van der Waals surface area contributed by atoms with Gasteiger partial charge in [-0.15, -0.1) is 22.7 Å². The molecule has 4 aliphatic heterocycles. The molecule has 0 spiro atoms. The van der Waals surface area contributed by atoms with Gasteiger partial charge in [-0.1, -0.05) is 36.4 Å². The lowest BCUT2D eigenvalue weighted by Crippen LogP contribution is -2.50. The third-order valence-corrected chi connectivity index (χ3v) is 11.9. The van der Waals surface area contributed by atoms with Crippen LogP contribution >= 0.6 is 54.5 Å². The average Bonchev–Trinajstić information content (AvgIpc) is 3.81. The number of anilines is 2. The van der Waals surface area contributed by atoms with Crippen molar-refractivity contribution in [2.75, 3.05) is 9.80 Å². The molecule has 0 radical (unpaired) electrons. The summed E-state index contributed by atoms with van der Waals surface area (Å²) >= 11 is 10.1. The van der Waals surface area contributed by atoms with Crippen LogP contribution in [0.3, 0.4) is 0 Å². The molecule has 6 atom stereocenters. The van der Waals surface area contributed by atoms with E-state index in [2.05, 4.69) is 31.9 Å². The minimum Gasteiger partial charge on any atom is -0.274 e. The fourth-order valence-electron chi connectivity index (χ4n) is 7.03. The first-order valence-corrected chi connectivity index (χ1v) is 16.5. The first-order chi connectivity index (χ1) is 20.4. The van der Waals surface area contributed by atoms with E-state index in [-0.39, 0.29) is 23.6 Å². The fourth-order valence-corrected chi connectivity index (χ4v) is 10.2. The zero-order chi connectivity index (χ0) is 28.9. The molecule has 0 unspecified atom stereocenters. The maximum Gasteiger partial charge on any atom is 0.253 e. The molecule has 6 heterocycles. The molecule has 2 aromatic heterocycles. The lowest BCUT2D eigenvalue weighted by atomic mass is 9.88. The molecule has 4 amide bonds. The van der Waals surface area contributed by atoms with Crippen molar-refractivity contribution in [3.05, 3.63) is 102 Å². The molecule has 8 rings (SSSR count). The van der Waals surface area contributed by atoms with Crippen LogP contribution in [-0.4, -0.2) is 45.7 Å². The maximum atomic E-state index is 14.3. The zero-order valence-corrected chi connectivity index (χ0v) is 26.3. The molecular formula is C30H20Br2N4O4S2. The number of rotatable bonds is 4. The van der Waals surface area contributed by atoms with E-state index in [0.29, 0.717) is 11.4 Å². The van der Waals surface area contributed by atoms with Gasteiger partial charge in [0.1, 0.15) is 12.1 Å². The van der Waals surface area contributed by atoms with Gasteiger partial charge in [-0.25, -0.2) is 19.8 Å². The van der Waals surface area contributed by atoms with E-state index in [1.54, 1.807) is 48.5 Å². The predicted octanol–water partition coefficient (Wildman–Crippen LogP) is 5.78. The number of fused-ring (bicyclic) bond motifs is 5. The smallest absolute Gasteiger partial charge is 0.253 e. The number of hydrazine groups is 1.